The fourth-order valence-electron chi connectivity index (χ4n) is 2.88. The lowest BCUT2D eigenvalue weighted by atomic mass is 10.2. The van der Waals surface area contributed by atoms with E-state index in [1.54, 1.807) is 0 Å². The van der Waals surface area contributed by atoms with E-state index in [1.165, 1.54) is 56.8 Å². The molecule has 0 spiro atoms. The lowest BCUT2D eigenvalue weighted by molar-refractivity contribution is -0.139. The third-order valence-corrected chi connectivity index (χ3v) is 4.56. The molecule has 0 saturated heterocycles. The van der Waals surface area contributed by atoms with E-state index in [0.29, 0.717) is 0 Å². The van der Waals surface area contributed by atoms with Crippen molar-refractivity contribution in [3.8, 4) is 11.4 Å². The van der Waals surface area contributed by atoms with Gasteiger partial charge in [0.25, 0.3) is 11.8 Å². The van der Waals surface area contributed by atoms with Gasteiger partial charge in [-0.3, -0.25) is 14.4 Å². The Labute approximate surface area is 191 Å². The maximum atomic E-state index is 13.0. The molecule has 0 bridgehead atoms. The molecule has 0 aliphatic rings. The highest BCUT2D eigenvalue weighted by Crippen LogP contribution is 2.31. The Morgan fingerprint density at radius 2 is 1.76 bits per heavy atom. The predicted octanol–water partition coefficient (Wildman–Crippen LogP) is 3.05. The fourth-order valence-corrected chi connectivity index (χ4v) is 2.88. The van der Waals surface area contributed by atoms with Crippen LogP contribution in [0.3, 0.4) is 0 Å². The molecule has 2 N–H and O–H groups in total. The molecule has 0 saturated carbocycles. The summed E-state index contributed by atoms with van der Waals surface area (Å²) in [5.74, 6) is -1.87. The fraction of sp³-hybridized carbons (Fsp3) is 0.182. The second-order valence-electron chi connectivity index (χ2n) is 6.83. The summed E-state index contributed by atoms with van der Waals surface area (Å²) in [5, 5.41) is 9.00. The van der Waals surface area contributed by atoms with Crippen molar-refractivity contribution in [3.05, 3.63) is 71.5 Å². The number of methoxy groups -OCH3 is 2. The Morgan fingerprint density at radius 1 is 1.03 bits per heavy atom. The van der Waals surface area contributed by atoms with Crippen LogP contribution in [0, 0.1) is 0 Å². The van der Waals surface area contributed by atoms with Crippen LogP contribution in [0.1, 0.15) is 26.4 Å². The van der Waals surface area contributed by atoms with Gasteiger partial charge in [0.15, 0.2) is 11.4 Å². The van der Waals surface area contributed by atoms with Gasteiger partial charge >= 0.3 is 12.1 Å². The molecule has 9 nitrogen and oxygen atoms in total. The highest BCUT2D eigenvalue weighted by molar-refractivity contribution is 6.05. The van der Waals surface area contributed by atoms with Crippen LogP contribution < -0.4 is 15.4 Å². The molecular weight excluding hydrogens is 457 g/mol. The Balaban J connectivity index is 1.80. The van der Waals surface area contributed by atoms with Crippen LogP contribution in [-0.4, -0.2) is 48.3 Å². The minimum absolute atomic E-state index is 0.0295. The van der Waals surface area contributed by atoms with Crippen LogP contribution in [0.2, 0.25) is 0 Å². The van der Waals surface area contributed by atoms with Crippen molar-refractivity contribution in [1.82, 2.24) is 15.1 Å². The van der Waals surface area contributed by atoms with E-state index in [0.717, 1.165) is 16.8 Å². The first-order valence-electron chi connectivity index (χ1n) is 9.70. The van der Waals surface area contributed by atoms with Crippen LogP contribution in [0.15, 0.2) is 54.7 Å². The highest BCUT2D eigenvalue weighted by atomic mass is 19.4. The largest absolute Gasteiger partial charge is 0.493 e. The van der Waals surface area contributed by atoms with Crippen LogP contribution in [0.25, 0.3) is 5.69 Å². The molecule has 0 atom stereocenters. The zero-order valence-corrected chi connectivity index (χ0v) is 18.0. The summed E-state index contributed by atoms with van der Waals surface area (Å²) in [4.78, 5) is 36.2. The van der Waals surface area contributed by atoms with Gasteiger partial charge in [0.1, 0.15) is 6.54 Å². The molecular formula is C22H19F3N4O5. The Morgan fingerprint density at radius 3 is 2.44 bits per heavy atom. The third kappa shape index (κ3) is 5.71. The summed E-state index contributed by atoms with van der Waals surface area (Å²) in [6.45, 7) is -0.323. The second kappa shape index (κ2) is 10.1. The van der Waals surface area contributed by atoms with E-state index in [1.807, 2.05) is 0 Å². The third-order valence-electron chi connectivity index (χ3n) is 4.56. The average Bonchev–Trinajstić information content (AvgIpc) is 3.27. The summed E-state index contributed by atoms with van der Waals surface area (Å²) < 4.78 is 49.8. The zero-order chi connectivity index (χ0) is 24.9. The quantitative estimate of drug-likeness (QED) is 0.507. The maximum absolute atomic E-state index is 13.0. The van der Waals surface area contributed by atoms with Crippen LogP contribution in [0.5, 0.6) is 5.75 Å². The Hall–Kier alpha value is -4.35. The summed E-state index contributed by atoms with van der Waals surface area (Å²) in [6.07, 6.45) is -3.26. The van der Waals surface area contributed by atoms with Crippen LogP contribution in [0.4, 0.5) is 18.9 Å². The molecule has 3 aromatic rings. The first-order valence-corrected chi connectivity index (χ1v) is 9.70. The number of hydrogen-bond acceptors (Lipinski definition) is 6. The van der Waals surface area contributed by atoms with E-state index in [2.05, 4.69) is 20.5 Å². The second-order valence-corrected chi connectivity index (χ2v) is 6.83. The Kier molecular flexibility index (Phi) is 7.19. The van der Waals surface area contributed by atoms with E-state index in [4.69, 9.17) is 4.74 Å². The molecule has 2 amide bonds. The molecule has 3 rings (SSSR count). The van der Waals surface area contributed by atoms with Crippen molar-refractivity contribution in [3.63, 3.8) is 0 Å². The summed E-state index contributed by atoms with van der Waals surface area (Å²) >= 11 is 0. The smallest absolute Gasteiger partial charge is 0.416 e. The van der Waals surface area contributed by atoms with Gasteiger partial charge in [0.2, 0.25) is 0 Å². The number of rotatable bonds is 7. The number of amides is 2. The number of benzene rings is 2. The lowest BCUT2D eigenvalue weighted by Crippen LogP contribution is -2.30. The van der Waals surface area contributed by atoms with Crippen LogP contribution >= 0.6 is 0 Å². The average molecular weight is 476 g/mol. The molecule has 0 aliphatic heterocycles. The number of nitrogens with zero attached hydrogens (tertiary/aromatic N) is 2. The molecule has 1 heterocycles. The Bertz CT molecular complexity index is 1220. The molecule has 34 heavy (non-hydrogen) atoms. The molecule has 0 radical (unpaired) electrons. The first kappa shape index (κ1) is 24.3. The number of carbonyl (C=O) groups is 3. The molecule has 178 valence electrons. The number of ether oxygens (including phenoxy) is 2. The number of halogens is 3. The van der Waals surface area contributed by atoms with Crippen LogP contribution in [-0.2, 0) is 15.7 Å². The number of nitrogens with one attached hydrogen (secondary N) is 2. The predicted molar refractivity (Wildman–Crippen MR) is 114 cm³/mol. The number of aromatic nitrogens is 2. The molecule has 0 aliphatic carbocycles. The number of carbonyl (C=O) groups excluding carboxylic acids is 3. The van der Waals surface area contributed by atoms with Gasteiger partial charge in [-0.25, -0.2) is 4.68 Å². The van der Waals surface area contributed by atoms with E-state index < -0.39 is 29.5 Å². The van der Waals surface area contributed by atoms with Gasteiger partial charge in [-0.1, -0.05) is 12.1 Å². The van der Waals surface area contributed by atoms with E-state index in [-0.39, 0.29) is 34.9 Å². The van der Waals surface area contributed by atoms with Gasteiger partial charge < -0.3 is 20.1 Å². The van der Waals surface area contributed by atoms with E-state index in [9.17, 15) is 27.6 Å². The van der Waals surface area contributed by atoms with Crippen molar-refractivity contribution in [2.45, 2.75) is 6.18 Å². The van der Waals surface area contributed by atoms with Gasteiger partial charge in [0, 0.05) is 11.3 Å². The highest BCUT2D eigenvalue weighted by Gasteiger charge is 2.30. The van der Waals surface area contributed by atoms with Gasteiger partial charge in [-0.2, -0.15) is 18.3 Å². The molecule has 1 aromatic heterocycles. The van der Waals surface area contributed by atoms with Crippen molar-refractivity contribution in [2.75, 3.05) is 26.1 Å². The summed E-state index contributed by atoms with van der Waals surface area (Å²) in [7, 11) is 2.48. The number of esters is 1. The standard InChI is InChI=1S/C22H19F3N4O5/c1-33-17-12-29(16-8-4-6-14(10-16)22(23,24)25)28-19(17)21(32)27-15-7-3-5-13(9-15)20(31)26-11-18(30)34-2/h3-10,12H,11H2,1-2H3,(H,26,31)(H,27,32). The normalized spacial score (nSPS) is 11.0. The minimum Gasteiger partial charge on any atom is -0.493 e. The topological polar surface area (TPSA) is 112 Å². The van der Waals surface area contributed by atoms with Crippen molar-refractivity contribution < 1.29 is 37.0 Å². The van der Waals surface area contributed by atoms with Crippen molar-refractivity contribution >= 4 is 23.5 Å². The lowest BCUT2D eigenvalue weighted by Gasteiger charge is -2.08. The van der Waals surface area contributed by atoms with Gasteiger partial charge in [0.05, 0.1) is 31.7 Å². The number of anilines is 1. The molecule has 2 aromatic carbocycles. The van der Waals surface area contributed by atoms with Crippen molar-refractivity contribution in [2.24, 2.45) is 0 Å². The molecule has 12 heteroatoms. The molecule has 0 fully saturated rings. The van der Waals surface area contributed by atoms with Crippen molar-refractivity contribution in [1.29, 1.82) is 0 Å². The summed E-state index contributed by atoms with van der Waals surface area (Å²) in [5.41, 5.74) is -0.556. The summed E-state index contributed by atoms with van der Waals surface area (Å²) in [6, 6.07) is 10.3. The zero-order valence-electron chi connectivity index (χ0n) is 18.0. The molecule has 0 unspecified atom stereocenters. The maximum Gasteiger partial charge on any atom is 0.416 e. The minimum atomic E-state index is -4.54. The number of hydrogen-bond donors (Lipinski definition) is 2. The SMILES string of the molecule is COC(=O)CNC(=O)c1cccc(NC(=O)c2nn(-c3cccc(C(F)(F)F)c3)cc2OC)c1. The van der Waals surface area contributed by atoms with E-state index >= 15 is 0 Å². The number of alkyl halides is 3. The van der Waals surface area contributed by atoms with Gasteiger partial charge in [-0.05, 0) is 36.4 Å². The first-order chi connectivity index (χ1) is 16.1. The monoisotopic (exact) mass is 476 g/mol. The van der Waals surface area contributed by atoms with Gasteiger partial charge in [-0.15, -0.1) is 0 Å².